The number of nitrogens with zero attached hydrogens (tertiary/aromatic N) is 2. The van der Waals surface area contributed by atoms with Crippen molar-refractivity contribution in [1.82, 2.24) is 9.78 Å². The van der Waals surface area contributed by atoms with Gasteiger partial charge in [0.15, 0.2) is 6.61 Å². The second kappa shape index (κ2) is 8.67. The van der Waals surface area contributed by atoms with E-state index >= 15 is 0 Å². The topological polar surface area (TPSA) is 44.1 Å². The normalized spacial score (nSPS) is 10.9. The number of hydrogen-bond acceptors (Lipinski definition) is 3. The van der Waals surface area contributed by atoms with Gasteiger partial charge in [0.1, 0.15) is 5.75 Å². The molecule has 0 aliphatic heterocycles. The predicted octanol–water partition coefficient (Wildman–Crippen LogP) is 5.37. The Balaban J connectivity index is 2.05. The van der Waals surface area contributed by atoms with Crippen LogP contribution in [0.5, 0.6) is 5.75 Å². The van der Waals surface area contributed by atoms with E-state index in [2.05, 4.69) is 28.0 Å². The van der Waals surface area contributed by atoms with Crippen molar-refractivity contribution in [2.75, 3.05) is 6.61 Å². The van der Waals surface area contributed by atoms with Gasteiger partial charge in [0, 0.05) is 10.7 Å². The molecule has 130 valence electrons. The third kappa shape index (κ3) is 4.61. The number of unbranched alkanes of at least 4 members (excludes halogenated alkanes) is 2. The van der Waals surface area contributed by atoms with E-state index in [1.807, 2.05) is 13.8 Å². The Hall–Kier alpha value is -1.33. The zero-order chi connectivity index (χ0) is 17.7. The van der Waals surface area contributed by atoms with E-state index in [9.17, 15) is 4.79 Å². The van der Waals surface area contributed by atoms with Gasteiger partial charge in [-0.25, -0.2) is 4.68 Å². The number of hydrogen-bond donors (Lipinski definition) is 0. The number of halogens is 2. The molecule has 0 fully saturated rings. The zero-order valence-electron chi connectivity index (χ0n) is 14.2. The summed E-state index contributed by atoms with van der Waals surface area (Å²) in [6, 6.07) is 5.19. The molecule has 2 rings (SSSR count). The highest BCUT2D eigenvalue weighted by atomic mass is 79.9. The van der Waals surface area contributed by atoms with Crippen LogP contribution in [0.25, 0.3) is 0 Å². The van der Waals surface area contributed by atoms with Gasteiger partial charge in [-0.05, 0) is 66.4 Å². The van der Waals surface area contributed by atoms with Crippen molar-refractivity contribution in [3.63, 3.8) is 0 Å². The van der Waals surface area contributed by atoms with Crippen molar-refractivity contribution in [1.29, 1.82) is 0 Å². The summed E-state index contributed by atoms with van der Waals surface area (Å²) in [5.74, 6) is 0.400. The summed E-state index contributed by atoms with van der Waals surface area (Å²) < 4.78 is 7.77. The molecule has 0 unspecified atom stereocenters. The van der Waals surface area contributed by atoms with Crippen LogP contribution in [0.15, 0.2) is 22.7 Å². The largest absolute Gasteiger partial charge is 0.482 e. The summed E-state index contributed by atoms with van der Waals surface area (Å²) >= 11 is 9.28. The number of carbonyl (C=O) groups is 1. The van der Waals surface area contributed by atoms with Gasteiger partial charge in [0.2, 0.25) is 0 Å². The minimum absolute atomic E-state index is 0.0728. The first kappa shape index (κ1) is 19.0. The number of ether oxygens (including phenoxy) is 1. The molecular weight excluding hydrogens is 392 g/mol. The molecule has 0 atom stereocenters. The summed E-state index contributed by atoms with van der Waals surface area (Å²) in [7, 11) is 0. The third-order valence-electron chi connectivity index (χ3n) is 3.95. The summed E-state index contributed by atoms with van der Waals surface area (Å²) in [5, 5.41) is 5.00. The van der Waals surface area contributed by atoms with Crippen LogP contribution in [0.4, 0.5) is 0 Å². The van der Waals surface area contributed by atoms with Crippen LogP contribution in [0, 0.1) is 13.8 Å². The summed E-state index contributed by atoms with van der Waals surface area (Å²) in [4.78, 5) is 12.4. The van der Waals surface area contributed by atoms with Gasteiger partial charge in [0.05, 0.1) is 10.2 Å². The van der Waals surface area contributed by atoms with Crippen molar-refractivity contribution in [2.45, 2.75) is 46.5 Å². The highest BCUT2D eigenvalue weighted by Crippen LogP contribution is 2.28. The Morgan fingerprint density at radius 1 is 1.33 bits per heavy atom. The van der Waals surface area contributed by atoms with E-state index in [0.717, 1.165) is 28.7 Å². The van der Waals surface area contributed by atoms with Gasteiger partial charge in [-0.3, -0.25) is 4.79 Å². The molecule has 0 spiro atoms. The molecule has 0 bridgehead atoms. The number of aryl methyl sites for hydroxylation is 1. The van der Waals surface area contributed by atoms with Gasteiger partial charge in [-0.15, -0.1) is 0 Å². The van der Waals surface area contributed by atoms with E-state index in [0.29, 0.717) is 10.8 Å². The van der Waals surface area contributed by atoms with Crippen LogP contribution < -0.4 is 4.74 Å². The Morgan fingerprint density at radius 3 is 2.75 bits per heavy atom. The minimum atomic E-state index is -0.181. The smallest absolute Gasteiger partial charge is 0.284 e. The highest BCUT2D eigenvalue weighted by molar-refractivity contribution is 9.10. The number of carbonyl (C=O) groups excluding carboxylic acids is 1. The average molecular weight is 414 g/mol. The van der Waals surface area contributed by atoms with Gasteiger partial charge in [0.25, 0.3) is 5.91 Å². The zero-order valence-corrected chi connectivity index (χ0v) is 16.6. The highest BCUT2D eigenvalue weighted by Gasteiger charge is 2.17. The molecule has 0 saturated carbocycles. The Labute approximate surface area is 156 Å². The molecule has 24 heavy (non-hydrogen) atoms. The number of rotatable bonds is 7. The lowest BCUT2D eigenvalue weighted by atomic mass is 10.1. The van der Waals surface area contributed by atoms with Crippen LogP contribution in [0.1, 0.15) is 47.9 Å². The molecule has 0 amide bonds. The van der Waals surface area contributed by atoms with Crippen molar-refractivity contribution >= 4 is 33.4 Å². The van der Waals surface area contributed by atoms with E-state index < -0.39 is 0 Å². The fraction of sp³-hybridized carbons (Fsp3) is 0.444. The molecule has 0 aliphatic rings. The predicted molar refractivity (Wildman–Crippen MR) is 100 cm³/mol. The third-order valence-corrected chi connectivity index (χ3v) is 4.81. The van der Waals surface area contributed by atoms with E-state index in [1.54, 1.807) is 18.2 Å². The molecule has 0 N–H and O–H groups in total. The van der Waals surface area contributed by atoms with Crippen LogP contribution in [0.2, 0.25) is 5.02 Å². The monoisotopic (exact) mass is 412 g/mol. The van der Waals surface area contributed by atoms with Gasteiger partial charge in [-0.1, -0.05) is 31.4 Å². The summed E-state index contributed by atoms with van der Waals surface area (Å²) in [5.41, 5.74) is 3.00. The van der Waals surface area contributed by atoms with Crippen molar-refractivity contribution < 1.29 is 9.53 Å². The average Bonchev–Trinajstić information content (AvgIpc) is 2.82. The van der Waals surface area contributed by atoms with Gasteiger partial charge < -0.3 is 4.74 Å². The fourth-order valence-corrected chi connectivity index (χ4v) is 3.42. The van der Waals surface area contributed by atoms with Crippen molar-refractivity contribution in [3.8, 4) is 5.75 Å². The second-order valence-electron chi connectivity index (χ2n) is 5.78. The molecule has 2 aromatic rings. The Morgan fingerprint density at radius 2 is 2.08 bits per heavy atom. The second-order valence-corrected chi connectivity index (χ2v) is 7.07. The van der Waals surface area contributed by atoms with Crippen molar-refractivity contribution in [3.05, 3.63) is 44.6 Å². The van der Waals surface area contributed by atoms with Crippen LogP contribution in [-0.2, 0) is 6.42 Å². The lowest BCUT2D eigenvalue weighted by Crippen LogP contribution is -2.22. The number of benzene rings is 1. The maximum Gasteiger partial charge on any atom is 0.284 e. The molecule has 6 heteroatoms. The first-order valence-corrected chi connectivity index (χ1v) is 9.27. The first-order chi connectivity index (χ1) is 11.4. The van der Waals surface area contributed by atoms with E-state index in [1.165, 1.54) is 23.1 Å². The van der Waals surface area contributed by atoms with Crippen molar-refractivity contribution in [2.24, 2.45) is 0 Å². The van der Waals surface area contributed by atoms with Crippen LogP contribution in [-0.4, -0.2) is 22.3 Å². The molecule has 0 radical (unpaired) electrons. The molecular formula is C18H22BrClN2O2. The van der Waals surface area contributed by atoms with Gasteiger partial charge in [-0.2, -0.15) is 5.10 Å². The molecule has 0 saturated heterocycles. The Bertz CT molecular complexity index is 728. The van der Waals surface area contributed by atoms with Crippen LogP contribution in [0.3, 0.4) is 0 Å². The van der Waals surface area contributed by atoms with Crippen LogP contribution >= 0.6 is 27.5 Å². The maximum atomic E-state index is 12.4. The van der Waals surface area contributed by atoms with Gasteiger partial charge >= 0.3 is 0 Å². The maximum absolute atomic E-state index is 12.4. The molecule has 1 heterocycles. The molecule has 1 aromatic heterocycles. The lowest BCUT2D eigenvalue weighted by Gasteiger charge is -2.09. The Kier molecular flexibility index (Phi) is 6.87. The summed E-state index contributed by atoms with van der Waals surface area (Å²) in [6.07, 6.45) is 4.44. The first-order valence-electron chi connectivity index (χ1n) is 8.10. The van der Waals surface area contributed by atoms with E-state index in [4.69, 9.17) is 16.3 Å². The SMILES string of the molecule is CCCCCc1c(C)nn(C(=O)COc2ccc(Cl)cc2Br)c1C. The quantitative estimate of drug-likeness (QED) is 0.573. The lowest BCUT2D eigenvalue weighted by molar-refractivity contribution is 0.0817. The summed E-state index contributed by atoms with van der Waals surface area (Å²) in [6.45, 7) is 6.00. The minimum Gasteiger partial charge on any atom is -0.482 e. The molecule has 0 aliphatic carbocycles. The molecule has 1 aromatic carbocycles. The van der Waals surface area contributed by atoms with E-state index in [-0.39, 0.29) is 12.5 Å². The molecule has 4 nitrogen and oxygen atoms in total. The standard InChI is InChI=1S/C18H22BrClN2O2/c1-4-5-6-7-15-12(2)21-22(13(15)3)18(23)11-24-17-9-8-14(20)10-16(17)19/h8-10H,4-7,11H2,1-3H3. The number of aromatic nitrogens is 2. The fourth-order valence-electron chi connectivity index (χ4n) is 2.62.